The average molecular weight is 297 g/mol. The molecule has 1 heterocycles. The molecule has 2 aromatic carbocycles. The quantitative estimate of drug-likeness (QED) is 0.726. The highest BCUT2D eigenvalue weighted by Gasteiger charge is 2.18. The number of hydrogen-bond acceptors (Lipinski definition) is 4. The van der Waals surface area contributed by atoms with Crippen molar-refractivity contribution < 1.29 is 14.7 Å². The molecule has 0 atom stereocenters. The maximum absolute atomic E-state index is 12.6. The van der Waals surface area contributed by atoms with Gasteiger partial charge in [0.25, 0.3) is 0 Å². The van der Waals surface area contributed by atoms with E-state index in [0.29, 0.717) is 16.1 Å². The van der Waals surface area contributed by atoms with E-state index in [1.54, 1.807) is 0 Å². The highest BCUT2D eigenvalue weighted by atomic mass is 32.1. The van der Waals surface area contributed by atoms with Gasteiger partial charge < -0.3 is 10.8 Å². The van der Waals surface area contributed by atoms with Crippen molar-refractivity contribution in [3.05, 3.63) is 65.2 Å². The first kappa shape index (κ1) is 13.3. The van der Waals surface area contributed by atoms with Crippen molar-refractivity contribution in [2.75, 3.05) is 5.73 Å². The molecule has 5 heteroatoms. The smallest absolute Gasteiger partial charge is 0.335 e. The monoisotopic (exact) mass is 297 g/mol. The summed E-state index contributed by atoms with van der Waals surface area (Å²) in [5, 5.41) is 10.2. The number of ketones is 1. The fraction of sp³-hybridized carbons (Fsp3) is 0. The van der Waals surface area contributed by atoms with Gasteiger partial charge in [-0.05, 0) is 18.2 Å². The molecule has 0 aliphatic carbocycles. The Bertz CT molecular complexity index is 850. The molecule has 104 valence electrons. The van der Waals surface area contributed by atoms with Crippen molar-refractivity contribution in [3.63, 3.8) is 0 Å². The molecule has 0 unspecified atom stereocenters. The first-order valence-corrected chi connectivity index (χ1v) is 7.04. The van der Waals surface area contributed by atoms with Gasteiger partial charge in [-0.1, -0.05) is 30.3 Å². The van der Waals surface area contributed by atoms with Crippen molar-refractivity contribution in [1.82, 2.24) is 0 Å². The molecular formula is C16H11NO3S. The van der Waals surface area contributed by atoms with Crippen LogP contribution in [0.1, 0.15) is 26.3 Å². The molecule has 0 amide bonds. The second-order valence-electron chi connectivity index (χ2n) is 4.55. The van der Waals surface area contributed by atoms with Gasteiger partial charge in [0.15, 0.2) is 5.78 Å². The molecule has 1 aromatic heterocycles. The SMILES string of the molecule is Nc1sc2ccccc2c1C(=O)c1ccc(C(=O)O)cc1. The van der Waals surface area contributed by atoms with Gasteiger partial charge in [0, 0.05) is 15.6 Å². The summed E-state index contributed by atoms with van der Waals surface area (Å²) in [6.07, 6.45) is 0. The van der Waals surface area contributed by atoms with E-state index < -0.39 is 5.97 Å². The number of rotatable bonds is 3. The van der Waals surface area contributed by atoms with Crippen LogP contribution in [0.15, 0.2) is 48.5 Å². The van der Waals surface area contributed by atoms with Gasteiger partial charge in [-0.3, -0.25) is 4.79 Å². The number of thiophene rings is 1. The minimum atomic E-state index is -1.02. The van der Waals surface area contributed by atoms with Crippen LogP contribution in [0.5, 0.6) is 0 Å². The van der Waals surface area contributed by atoms with Crippen molar-refractivity contribution in [2.24, 2.45) is 0 Å². The number of aromatic carboxylic acids is 1. The molecule has 21 heavy (non-hydrogen) atoms. The summed E-state index contributed by atoms with van der Waals surface area (Å²) in [6, 6.07) is 13.4. The second-order valence-corrected chi connectivity index (χ2v) is 5.63. The molecule has 0 radical (unpaired) electrons. The number of nitrogens with two attached hydrogens (primary N) is 1. The highest BCUT2D eigenvalue weighted by molar-refractivity contribution is 7.23. The molecule has 3 N–H and O–H groups in total. The lowest BCUT2D eigenvalue weighted by molar-refractivity contribution is 0.0696. The Kier molecular flexibility index (Phi) is 3.19. The predicted molar refractivity (Wildman–Crippen MR) is 83.1 cm³/mol. The van der Waals surface area contributed by atoms with E-state index in [1.807, 2.05) is 24.3 Å². The summed E-state index contributed by atoms with van der Waals surface area (Å²) in [7, 11) is 0. The lowest BCUT2D eigenvalue weighted by Gasteiger charge is -2.02. The summed E-state index contributed by atoms with van der Waals surface area (Å²) in [5.74, 6) is -1.21. The Labute approximate surface area is 124 Å². The lowest BCUT2D eigenvalue weighted by Crippen LogP contribution is -2.04. The number of carbonyl (C=O) groups excluding carboxylic acids is 1. The van der Waals surface area contributed by atoms with Crippen molar-refractivity contribution >= 4 is 38.2 Å². The number of carboxylic acids is 1. The Morgan fingerprint density at radius 2 is 1.57 bits per heavy atom. The van der Waals surface area contributed by atoms with Crippen LogP contribution in [0.3, 0.4) is 0 Å². The predicted octanol–water partition coefficient (Wildman–Crippen LogP) is 3.41. The highest BCUT2D eigenvalue weighted by Crippen LogP contribution is 2.34. The van der Waals surface area contributed by atoms with Crippen LogP contribution in [0.4, 0.5) is 5.00 Å². The van der Waals surface area contributed by atoms with Crippen LogP contribution >= 0.6 is 11.3 Å². The zero-order valence-electron chi connectivity index (χ0n) is 10.9. The molecule has 3 aromatic rings. The van der Waals surface area contributed by atoms with Crippen molar-refractivity contribution in [1.29, 1.82) is 0 Å². The van der Waals surface area contributed by atoms with Crippen LogP contribution in [0, 0.1) is 0 Å². The van der Waals surface area contributed by atoms with E-state index in [1.165, 1.54) is 35.6 Å². The van der Waals surface area contributed by atoms with Gasteiger partial charge in [0.2, 0.25) is 0 Å². The normalized spacial score (nSPS) is 10.7. The molecule has 0 bridgehead atoms. The third kappa shape index (κ3) is 2.28. The second kappa shape index (κ2) is 5.03. The standard InChI is InChI=1S/C16H11NO3S/c17-15-13(11-3-1-2-4-12(11)21-15)14(18)9-5-7-10(8-6-9)16(19)20/h1-8H,17H2,(H,19,20). The number of anilines is 1. The number of carbonyl (C=O) groups is 2. The van der Waals surface area contributed by atoms with Crippen LogP contribution < -0.4 is 5.73 Å². The average Bonchev–Trinajstić information content (AvgIpc) is 2.82. The van der Waals surface area contributed by atoms with Gasteiger partial charge in [0.1, 0.15) is 0 Å². The minimum Gasteiger partial charge on any atom is -0.478 e. The largest absolute Gasteiger partial charge is 0.478 e. The molecule has 0 fully saturated rings. The molecule has 3 rings (SSSR count). The van der Waals surface area contributed by atoms with Crippen LogP contribution in [0.2, 0.25) is 0 Å². The number of fused-ring (bicyclic) bond motifs is 1. The summed E-state index contributed by atoms with van der Waals surface area (Å²) < 4.78 is 0.959. The summed E-state index contributed by atoms with van der Waals surface area (Å²) >= 11 is 1.37. The van der Waals surface area contributed by atoms with E-state index >= 15 is 0 Å². The maximum Gasteiger partial charge on any atom is 0.335 e. The fourth-order valence-electron chi connectivity index (χ4n) is 2.21. The van der Waals surface area contributed by atoms with Crippen molar-refractivity contribution in [2.45, 2.75) is 0 Å². The first-order chi connectivity index (χ1) is 10.1. The molecule has 0 aliphatic heterocycles. The first-order valence-electron chi connectivity index (χ1n) is 6.23. The van der Waals surface area contributed by atoms with E-state index in [0.717, 1.165) is 10.1 Å². The van der Waals surface area contributed by atoms with Gasteiger partial charge in [-0.2, -0.15) is 0 Å². The molecule has 0 saturated heterocycles. The number of carboxylic acid groups (broad SMARTS) is 1. The van der Waals surface area contributed by atoms with Crippen LogP contribution in [-0.4, -0.2) is 16.9 Å². The summed E-state index contributed by atoms with van der Waals surface area (Å²) in [6.45, 7) is 0. The van der Waals surface area contributed by atoms with E-state index in [-0.39, 0.29) is 11.3 Å². The summed E-state index contributed by atoms with van der Waals surface area (Å²) in [4.78, 5) is 23.4. The zero-order valence-corrected chi connectivity index (χ0v) is 11.7. The van der Waals surface area contributed by atoms with Gasteiger partial charge >= 0.3 is 5.97 Å². The van der Waals surface area contributed by atoms with Gasteiger partial charge in [-0.25, -0.2) is 4.79 Å². The van der Waals surface area contributed by atoms with Crippen LogP contribution in [-0.2, 0) is 0 Å². The van der Waals surface area contributed by atoms with Crippen molar-refractivity contribution in [3.8, 4) is 0 Å². The number of hydrogen-bond donors (Lipinski definition) is 2. The lowest BCUT2D eigenvalue weighted by atomic mass is 10.0. The molecule has 0 spiro atoms. The van der Waals surface area contributed by atoms with E-state index in [2.05, 4.69) is 0 Å². The molecule has 0 aliphatic rings. The molecular weight excluding hydrogens is 286 g/mol. The topological polar surface area (TPSA) is 80.4 Å². The Morgan fingerprint density at radius 1 is 0.952 bits per heavy atom. The maximum atomic E-state index is 12.6. The molecule has 4 nitrogen and oxygen atoms in total. The van der Waals surface area contributed by atoms with Gasteiger partial charge in [0.05, 0.1) is 16.1 Å². The van der Waals surface area contributed by atoms with Crippen LogP contribution in [0.25, 0.3) is 10.1 Å². The minimum absolute atomic E-state index is 0.148. The fourth-order valence-corrected chi connectivity index (χ4v) is 3.18. The Balaban J connectivity index is 2.08. The Morgan fingerprint density at radius 3 is 2.24 bits per heavy atom. The third-order valence-corrected chi connectivity index (χ3v) is 4.24. The number of benzene rings is 2. The third-order valence-electron chi connectivity index (χ3n) is 3.24. The van der Waals surface area contributed by atoms with E-state index in [4.69, 9.17) is 10.8 Å². The van der Waals surface area contributed by atoms with Gasteiger partial charge in [-0.15, -0.1) is 11.3 Å². The van der Waals surface area contributed by atoms with E-state index in [9.17, 15) is 9.59 Å². The molecule has 0 saturated carbocycles. The zero-order chi connectivity index (χ0) is 15.0. The number of nitrogen functional groups attached to an aromatic ring is 1. The summed E-state index contributed by atoms with van der Waals surface area (Å²) in [5.41, 5.74) is 7.03. The Hall–Kier alpha value is -2.66.